The Kier molecular flexibility index (Phi) is 6.34. The average Bonchev–Trinajstić information content (AvgIpc) is 3.46. The van der Waals surface area contributed by atoms with E-state index in [9.17, 15) is 4.79 Å². The number of Topliss-reactive ketones (excluding diaryl/α,β-unsaturated/α-hetero) is 1. The molecule has 5 rings (SSSR count). The van der Waals surface area contributed by atoms with Crippen molar-refractivity contribution in [3.05, 3.63) is 59.8 Å². The number of hydrogen-bond donors (Lipinski definition) is 1. The Morgan fingerprint density at radius 3 is 2.78 bits per heavy atom. The molecule has 10 nitrogen and oxygen atoms in total. The highest BCUT2D eigenvalue weighted by molar-refractivity contribution is 5.92. The van der Waals surface area contributed by atoms with Crippen LogP contribution in [0.3, 0.4) is 0 Å². The number of nitrogens with one attached hydrogen (secondary N) is 1. The molecule has 0 aromatic carbocycles. The second-order valence-electron chi connectivity index (χ2n) is 10.3. The zero-order valence-corrected chi connectivity index (χ0v) is 21.0. The van der Waals surface area contributed by atoms with Crippen molar-refractivity contribution >= 4 is 17.4 Å². The molecule has 0 radical (unpaired) electrons. The molecule has 1 N–H and O–H groups in total. The minimum atomic E-state index is -0.296. The fourth-order valence-electron chi connectivity index (χ4n) is 4.44. The van der Waals surface area contributed by atoms with E-state index in [1.54, 1.807) is 17.1 Å². The first kappa shape index (κ1) is 23.8. The van der Waals surface area contributed by atoms with E-state index in [4.69, 9.17) is 9.51 Å². The fraction of sp³-hybridized carbons (Fsp3) is 0.423. The molecule has 1 aliphatic carbocycles. The zero-order valence-electron chi connectivity index (χ0n) is 21.0. The molecule has 1 atom stereocenters. The second kappa shape index (κ2) is 9.60. The van der Waals surface area contributed by atoms with Gasteiger partial charge in [0.2, 0.25) is 23.4 Å². The van der Waals surface area contributed by atoms with Crippen LogP contribution >= 0.6 is 0 Å². The first-order valence-electron chi connectivity index (χ1n) is 12.2. The van der Waals surface area contributed by atoms with Crippen molar-refractivity contribution in [1.29, 1.82) is 0 Å². The summed E-state index contributed by atoms with van der Waals surface area (Å²) in [5.74, 6) is 1.08. The largest absolute Gasteiger partial charge is 0.338 e. The van der Waals surface area contributed by atoms with Gasteiger partial charge in [0.15, 0.2) is 0 Å². The number of pyridine rings is 1. The lowest BCUT2D eigenvalue weighted by Crippen LogP contribution is -2.13. The van der Waals surface area contributed by atoms with E-state index in [2.05, 4.69) is 36.6 Å². The lowest BCUT2D eigenvalue weighted by Gasteiger charge is -2.17. The van der Waals surface area contributed by atoms with E-state index in [0.717, 1.165) is 48.3 Å². The number of anilines is 2. The number of carbonyl (C=O) groups excluding carboxylic acids is 1. The predicted molar refractivity (Wildman–Crippen MR) is 134 cm³/mol. The maximum atomic E-state index is 13.0. The van der Waals surface area contributed by atoms with Crippen LogP contribution in [0, 0.1) is 0 Å². The van der Waals surface area contributed by atoms with Crippen LogP contribution in [0.25, 0.3) is 11.4 Å². The Bertz CT molecular complexity index is 1380. The third kappa shape index (κ3) is 5.17. The van der Waals surface area contributed by atoms with Gasteiger partial charge < -0.3 is 9.84 Å². The Morgan fingerprint density at radius 2 is 2.03 bits per heavy atom. The summed E-state index contributed by atoms with van der Waals surface area (Å²) in [7, 11) is 1.86. The number of hydrogen-bond acceptors (Lipinski definition) is 9. The molecule has 0 saturated heterocycles. The summed E-state index contributed by atoms with van der Waals surface area (Å²) in [6.07, 6.45) is 11.5. The maximum absolute atomic E-state index is 13.0. The van der Waals surface area contributed by atoms with E-state index in [1.807, 2.05) is 46.3 Å². The number of aromatic nitrogens is 7. The molecular formula is C26H30N8O2. The van der Waals surface area contributed by atoms with Crippen LogP contribution in [0.5, 0.6) is 0 Å². The number of fused-ring (bicyclic) bond motifs is 1. The molecular weight excluding hydrogens is 456 g/mol. The first-order valence-corrected chi connectivity index (χ1v) is 12.2. The molecule has 4 heterocycles. The SMILES string of the molecule is Cn1cc(Nc2nccc(-c3cc4c(cn3)C(CC(=O)c3noc(C(C)(C)C)n3)CCCC4)n2)cn1. The molecule has 186 valence electrons. The minimum Gasteiger partial charge on any atom is -0.338 e. The minimum absolute atomic E-state index is 0.0707. The van der Waals surface area contributed by atoms with Crippen LogP contribution in [0.2, 0.25) is 0 Å². The summed E-state index contributed by atoms with van der Waals surface area (Å²) in [6.45, 7) is 5.94. The summed E-state index contributed by atoms with van der Waals surface area (Å²) in [5.41, 5.74) is 4.36. The van der Waals surface area contributed by atoms with Gasteiger partial charge >= 0.3 is 0 Å². The summed E-state index contributed by atoms with van der Waals surface area (Å²) >= 11 is 0. The van der Waals surface area contributed by atoms with Gasteiger partial charge in [0, 0.05) is 37.5 Å². The van der Waals surface area contributed by atoms with Gasteiger partial charge in [-0.3, -0.25) is 14.5 Å². The van der Waals surface area contributed by atoms with Crippen molar-refractivity contribution in [2.45, 2.75) is 64.2 Å². The van der Waals surface area contributed by atoms with Gasteiger partial charge in [0.25, 0.3) is 0 Å². The highest BCUT2D eigenvalue weighted by Gasteiger charge is 2.28. The Balaban J connectivity index is 1.36. The molecule has 0 fully saturated rings. The average molecular weight is 487 g/mol. The first-order chi connectivity index (χ1) is 17.3. The highest BCUT2D eigenvalue weighted by Crippen LogP contribution is 2.35. The normalized spacial score (nSPS) is 15.8. The smallest absolute Gasteiger partial charge is 0.238 e. The number of carbonyl (C=O) groups is 1. The van der Waals surface area contributed by atoms with Crippen molar-refractivity contribution in [1.82, 2.24) is 34.9 Å². The Labute approximate surface area is 209 Å². The number of nitrogens with zero attached hydrogens (tertiary/aromatic N) is 7. The summed E-state index contributed by atoms with van der Waals surface area (Å²) < 4.78 is 7.04. The second-order valence-corrected chi connectivity index (χ2v) is 10.3. The number of ketones is 1. The van der Waals surface area contributed by atoms with Crippen molar-refractivity contribution < 1.29 is 9.32 Å². The van der Waals surface area contributed by atoms with Crippen molar-refractivity contribution in [2.75, 3.05) is 5.32 Å². The molecule has 4 aromatic rings. The van der Waals surface area contributed by atoms with Gasteiger partial charge in [-0.2, -0.15) is 10.1 Å². The van der Waals surface area contributed by atoms with Gasteiger partial charge in [-0.1, -0.05) is 32.3 Å². The monoisotopic (exact) mass is 486 g/mol. The van der Waals surface area contributed by atoms with Crippen LogP contribution in [0.15, 0.2) is 41.4 Å². The van der Waals surface area contributed by atoms with Gasteiger partial charge in [0.05, 0.1) is 23.3 Å². The van der Waals surface area contributed by atoms with Gasteiger partial charge in [-0.15, -0.1) is 0 Å². The predicted octanol–water partition coefficient (Wildman–Crippen LogP) is 4.78. The topological polar surface area (TPSA) is 125 Å². The number of rotatable bonds is 6. The quantitative estimate of drug-likeness (QED) is 0.303. The molecule has 0 amide bonds. The lowest BCUT2D eigenvalue weighted by molar-refractivity contribution is 0.0959. The molecule has 0 spiro atoms. The molecule has 0 aliphatic heterocycles. The van der Waals surface area contributed by atoms with E-state index >= 15 is 0 Å². The van der Waals surface area contributed by atoms with Crippen LogP contribution in [-0.2, 0) is 18.9 Å². The van der Waals surface area contributed by atoms with Crippen LogP contribution in [0.1, 0.15) is 80.0 Å². The standard InChI is InChI=1S/C26H30N8O2/c1-26(2,3)24-32-23(33-36-24)22(35)12-17-8-6-5-7-16-11-21(28-14-19(16)17)20-9-10-27-25(31-20)30-18-13-29-34(4)15-18/h9-11,13-15,17H,5-8,12H2,1-4H3,(H,27,30,31). The summed E-state index contributed by atoms with van der Waals surface area (Å²) in [6, 6.07) is 3.95. The Morgan fingerprint density at radius 1 is 1.17 bits per heavy atom. The van der Waals surface area contributed by atoms with E-state index in [1.165, 1.54) is 5.56 Å². The molecule has 10 heteroatoms. The van der Waals surface area contributed by atoms with E-state index in [0.29, 0.717) is 18.3 Å². The third-order valence-corrected chi connectivity index (χ3v) is 6.34. The number of aryl methyl sites for hydroxylation is 2. The summed E-state index contributed by atoms with van der Waals surface area (Å²) in [4.78, 5) is 31.1. The Hall–Kier alpha value is -3.95. The third-order valence-electron chi connectivity index (χ3n) is 6.34. The van der Waals surface area contributed by atoms with Gasteiger partial charge in [0.1, 0.15) is 0 Å². The molecule has 0 saturated carbocycles. The highest BCUT2D eigenvalue weighted by atomic mass is 16.5. The molecule has 36 heavy (non-hydrogen) atoms. The van der Waals surface area contributed by atoms with Crippen molar-refractivity contribution in [3.8, 4) is 11.4 Å². The van der Waals surface area contributed by atoms with Crippen LogP contribution in [0.4, 0.5) is 11.6 Å². The van der Waals surface area contributed by atoms with Crippen LogP contribution in [-0.4, -0.2) is 40.7 Å². The lowest BCUT2D eigenvalue weighted by atomic mass is 9.89. The molecule has 0 bridgehead atoms. The van der Waals surface area contributed by atoms with Gasteiger partial charge in [-0.05, 0) is 48.4 Å². The maximum Gasteiger partial charge on any atom is 0.238 e. The zero-order chi connectivity index (χ0) is 25.3. The van der Waals surface area contributed by atoms with Crippen molar-refractivity contribution in [3.63, 3.8) is 0 Å². The van der Waals surface area contributed by atoms with Gasteiger partial charge in [-0.25, -0.2) is 9.97 Å². The molecule has 1 aliphatic rings. The van der Waals surface area contributed by atoms with Crippen molar-refractivity contribution in [2.24, 2.45) is 7.05 Å². The molecule has 4 aromatic heterocycles. The fourth-order valence-corrected chi connectivity index (χ4v) is 4.44. The molecule has 1 unspecified atom stereocenters. The summed E-state index contributed by atoms with van der Waals surface area (Å²) in [5, 5.41) is 11.3. The van der Waals surface area contributed by atoms with E-state index in [-0.39, 0.29) is 22.9 Å². The van der Waals surface area contributed by atoms with E-state index < -0.39 is 0 Å². The van der Waals surface area contributed by atoms with Crippen LogP contribution < -0.4 is 5.32 Å².